The molecule has 1 aromatic heterocycles. The highest BCUT2D eigenvalue weighted by molar-refractivity contribution is 5.72. The van der Waals surface area contributed by atoms with Gasteiger partial charge >= 0.3 is 12.1 Å². The zero-order chi connectivity index (χ0) is 14.8. The molecule has 1 aliphatic rings. The van der Waals surface area contributed by atoms with Gasteiger partial charge in [0.2, 0.25) is 0 Å². The van der Waals surface area contributed by atoms with Gasteiger partial charge in [-0.05, 0) is 25.0 Å². The number of methoxy groups -OCH3 is 1. The summed E-state index contributed by atoms with van der Waals surface area (Å²) in [7, 11) is 1.34. The van der Waals surface area contributed by atoms with Crippen LogP contribution in [0.4, 0.5) is 19.0 Å². The van der Waals surface area contributed by atoms with Crippen LogP contribution in [-0.4, -0.2) is 31.2 Å². The molecule has 2 rings (SSSR count). The highest BCUT2D eigenvalue weighted by atomic mass is 19.4. The molecule has 0 aromatic carbocycles. The number of hydrogen-bond donors (Lipinski definition) is 0. The molecule has 4 nitrogen and oxygen atoms in total. The van der Waals surface area contributed by atoms with E-state index in [1.165, 1.54) is 7.11 Å². The van der Waals surface area contributed by atoms with Crippen LogP contribution in [0.15, 0.2) is 18.3 Å². The first-order valence-electron chi connectivity index (χ1n) is 6.28. The van der Waals surface area contributed by atoms with Crippen molar-refractivity contribution in [1.29, 1.82) is 0 Å². The van der Waals surface area contributed by atoms with E-state index in [9.17, 15) is 18.0 Å². The van der Waals surface area contributed by atoms with Gasteiger partial charge in [-0.2, -0.15) is 13.2 Å². The summed E-state index contributed by atoms with van der Waals surface area (Å²) in [4.78, 5) is 17.1. The second-order valence-corrected chi connectivity index (χ2v) is 4.68. The molecule has 0 N–H and O–H groups in total. The Balaban J connectivity index is 2.06. The van der Waals surface area contributed by atoms with Gasteiger partial charge in [0.05, 0.1) is 18.6 Å². The molecular weight excluding hydrogens is 273 g/mol. The Kier molecular flexibility index (Phi) is 4.15. The number of esters is 1. The van der Waals surface area contributed by atoms with Crippen LogP contribution in [0.25, 0.3) is 0 Å². The van der Waals surface area contributed by atoms with Gasteiger partial charge in [0.25, 0.3) is 0 Å². The maximum absolute atomic E-state index is 12.6. The summed E-state index contributed by atoms with van der Waals surface area (Å²) in [5, 5.41) is 0. The number of alkyl halides is 3. The highest BCUT2D eigenvalue weighted by Gasteiger charge is 2.32. The SMILES string of the molecule is COC(=O)C1CCN(c2cc(C(F)(F)F)ccn2)CC1. The highest BCUT2D eigenvalue weighted by Crippen LogP contribution is 2.31. The molecule has 0 amide bonds. The third-order valence-corrected chi connectivity index (χ3v) is 3.43. The first-order chi connectivity index (χ1) is 9.41. The quantitative estimate of drug-likeness (QED) is 0.784. The van der Waals surface area contributed by atoms with Crippen LogP contribution in [0.3, 0.4) is 0 Å². The minimum Gasteiger partial charge on any atom is -0.469 e. The lowest BCUT2D eigenvalue weighted by Gasteiger charge is -2.31. The maximum atomic E-state index is 12.6. The van der Waals surface area contributed by atoms with Crippen LogP contribution >= 0.6 is 0 Å². The van der Waals surface area contributed by atoms with Gasteiger partial charge in [0.15, 0.2) is 0 Å². The number of anilines is 1. The lowest BCUT2D eigenvalue weighted by atomic mass is 9.97. The monoisotopic (exact) mass is 288 g/mol. The number of halogens is 3. The van der Waals surface area contributed by atoms with E-state index < -0.39 is 11.7 Å². The Morgan fingerprint density at radius 1 is 1.40 bits per heavy atom. The van der Waals surface area contributed by atoms with Crippen molar-refractivity contribution in [2.45, 2.75) is 19.0 Å². The second kappa shape index (κ2) is 5.68. The molecule has 7 heteroatoms. The Morgan fingerprint density at radius 2 is 2.05 bits per heavy atom. The van der Waals surface area contributed by atoms with Gasteiger partial charge in [-0.15, -0.1) is 0 Å². The fraction of sp³-hybridized carbons (Fsp3) is 0.538. The molecule has 0 aliphatic carbocycles. The van der Waals surface area contributed by atoms with Crippen molar-refractivity contribution in [2.24, 2.45) is 5.92 Å². The smallest absolute Gasteiger partial charge is 0.416 e. The molecule has 110 valence electrons. The molecule has 1 aliphatic heterocycles. The molecule has 0 unspecified atom stereocenters. The van der Waals surface area contributed by atoms with E-state index >= 15 is 0 Å². The van der Waals surface area contributed by atoms with Crippen LogP contribution in [-0.2, 0) is 15.7 Å². The van der Waals surface area contributed by atoms with Crippen LogP contribution in [0.1, 0.15) is 18.4 Å². The molecule has 0 spiro atoms. The lowest BCUT2D eigenvalue weighted by molar-refractivity contribution is -0.146. The second-order valence-electron chi connectivity index (χ2n) is 4.68. The topological polar surface area (TPSA) is 42.4 Å². The first-order valence-corrected chi connectivity index (χ1v) is 6.28. The minimum atomic E-state index is -4.37. The van der Waals surface area contributed by atoms with E-state index in [4.69, 9.17) is 0 Å². The average Bonchev–Trinajstić information content (AvgIpc) is 2.46. The third kappa shape index (κ3) is 3.20. The molecule has 0 bridgehead atoms. The van der Waals surface area contributed by atoms with Gasteiger partial charge in [0, 0.05) is 19.3 Å². The van der Waals surface area contributed by atoms with Crippen LogP contribution in [0, 0.1) is 5.92 Å². The van der Waals surface area contributed by atoms with Crippen molar-refractivity contribution in [2.75, 3.05) is 25.1 Å². The number of aromatic nitrogens is 1. The number of carbonyl (C=O) groups excluding carboxylic acids is 1. The van der Waals surface area contributed by atoms with E-state index in [1.54, 1.807) is 4.90 Å². The average molecular weight is 288 g/mol. The number of pyridine rings is 1. The Labute approximate surface area is 114 Å². The molecule has 2 heterocycles. The number of hydrogen-bond acceptors (Lipinski definition) is 4. The van der Waals surface area contributed by atoms with Crippen LogP contribution in [0.5, 0.6) is 0 Å². The first kappa shape index (κ1) is 14.6. The summed E-state index contributed by atoms with van der Waals surface area (Å²) in [5.74, 6) is -0.146. The summed E-state index contributed by atoms with van der Waals surface area (Å²) in [6.07, 6.45) is -2.10. The molecule has 1 aromatic rings. The van der Waals surface area contributed by atoms with Crippen LogP contribution in [0.2, 0.25) is 0 Å². The van der Waals surface area contributed by atoms with Crippen molar-refractivity contribution in [3.63, 3.8) is 0 Å². The van der Waals surface area contributed by atoms with E-state index in [1.807, 2.05) is 0 Å². The van der Waals surface area contributed by atoms with E-state index in [0.717, 1.165) is 18.3 Å². The fourth-order valence-corrected chi connectivity index (χ4v) is 2.28. The third-order valence-electron chi connectivity index (χ3n) is 3.43. The molecule has 0 atom stereocenters. The summed E-state index contributed by atoms with van der Waals surface area (Å²) in [6.45, 7) is 0.988. The fourth-order valence-electron chi connectivity index (χ4n) is 2.28. The summed E-state index contributed by atoms with van der Waals surface area (Å²) in [6, 6.07) is 1.99. The standard InChI is InChI=1S/C13H15F3N2O2/c1-20-12(19)9-3-6-18(7-4-9)11-8-10(2-5-17-11)13(14,15)16/h2,5,8-9H,3-4,6-7H2,1H3. The maximum Gasteiger partial charge on any atom is 0.416 e. The minimum absolute atomic E-state index is 0.179. The predicted octanol–water partition coefficient (Wildman–Crippen LogP) is 2.49. The molecule has 20 heavy (non-hydrogen) atoms. The van der Waals surface area contributed by atoms with Crippen molar-refractivity contribution in [1.82, 2.24) is 4.98 Å². The molecular formula is C13H15F3N2O2. The number of rotatable bonds is 2. The number of nitrogens with zero attached hydrogens (tertiary/aromatic N) is 2. The van der Waals surface area contributed by atoms with E-state index in [2.05, 4.69) is 9.72 Å². The summed E-state index contributed by atoms with van der Waals surface area (Å²) in [5.41, 5.74) is -0.711. The van der Waals surface area contributed by atoms with E-state index in [0.29, 0.717) is 31.7 Å². The number of carbonyl (C=O) groups is 1. The van der Waals surface area contributed by atoms with Crippen molar-refractivity contribution >= 4 is 11.8 Å². The van der Waals surface area contributed by atoms with Crippen molar-refractivity contribution < 1.29 is 22.7 Å². The van der Waals surface area contributed by atoms with Crippen molar-refractivity contribution in [3.05, 3.63) is 23.9 Å². The predicted molar refractivity (Wildman–Crippen MR) is 66.2 cm³/mol. The zero-order valence-electron chi connectivity index (χ0n) is 11.0. The Hall–Kier alpha value is -1.79. The largest absolute Gasteiger partial charge is 0.469 e. The van der Waals surface area contributed by atoms with E-state index in [-0.39, 0.29) is 11.9 Å². The van der Waals surface area contributed by atoms with Gasteiger partial charge in [-0.25, -0.2) is 4.98 Å². The Bertz CT molecular complexity index is 483. The van der Waals surface area contributed by atoms with Gasteiger partial charge in [-0.1, -0.05) is 0 Å². The summed E-state index contributed by atoms with van der Waals surface area (Å²) >= 11 is 0. The number of piperidine rings is 1. The van der Waals surface area contributed by atoms with Gasteiger partial charge in [-0.3, -0.25) is 4.79 Å². The van der Waals surface area contributed by atoms with Gasteiger partial charge in [0.1, 0.15) is 5.82 Å². The molecule has 0 saturated carbocycles. The molecule has 1 saturated heterocycles. The lowest BCUT2D eigenvalue weighted by Crippen LogP contribution is -2.37. The van der Waals surface area contributed by atoms with Gasteiger partial charge < -0.3 is 9.64 Å². The molecule has 0 radical (unpaired) electrons. The normalized spacial score (nSPS) is 17.1. The van der Waals surface area contributed by atoms with Crippen molar-refractivity contribution in [3.8, 4) is 0 Å². The zero-order valence-corrected chi connectivity index (χ0v) is 11.0. The molecule has 1 fully saturated rings. The Morgan fingerprint density at radius 3 is 2.60 bits per heavy atom. The summed E-state index contributed by atoms with van der Waals surface area (Å²) < 4.78 is 42.6. The van der Waals surface area contributed by atoms with Crippen LogP contribution < -0.4 is 4.90 Å². The number of ether oxygens (including phenoxy) is 1.